The average molecular weight is 297 g/mol. The van der Waals surface area contributed by atoms with Gasteiger partial charge >= 0.3 is 0 Å². The Morgan fingerprint density at radius 2 is 2.00 bits per heavy atom. The van der Waals surface area contributed by atoms with Gasteiger partial charge in [0, 0.05) is 18.8 Å². The van der Waals surface area contributed by atoms with Gasteiger partial charge in [-0.1, -0.05) is 0 Å². The number of benzene rings is 1. The number of rotatable bonds is 2. The van der Waals surface area contributed by atoms with Gasteiger partial charge in [-0.05, 0) is 43.5 Å². The molecule has 0 saturated carbocycles. The molecule has 0 atom stereocenters. The van der Waals surface area contributed by atoms with Crippen LogP contribution in [0.25, 0.3) is 0 Å². The highest BCUT2D eigenvalue weighted by atomic mass is 32.2. The topological polar surface area (TPSA) is 92.5 Å². The van der Waals surface area contributed by atoms with E-state index in [-0.39, 0.29) is 17.3 Å². The number of carbonyl (C=O) groups is 1. The summed E-state index contributed by atoms with van der Waals surface area (Å²) in [5.41, 5.74) is 7.65. The number of hydrogen-bond donors (Lipinski definition) is 2. The highest BCUT2D eigenvalue weighted by molar-refractivity contribution is 7.89. The van der Waals surface area contributed by atoms with Crippen molar-refractivity contribution in [2.24, 2.45) is 0 Å². The lowest BCUT2D eigenvalue weighted by atomic mass is 10.1. The molecule has 0 aliphatic carbocycles. The Morgan fingerprint density at radius 3 is 2.70 bits per heavy atom. The van der Waals surface area contributed by atoms with E-state index >= 15 is 0 Å². The van der Waals surface area contributed by atoms with Gasteiger partial charge in [0.2, 0.25) is 15.9 Å². The van der Waals surface area contributed by atoms with Gasteiger partial charge in [0.15, 0.2) is 0 Å². The number of aryl methyl sites for hydroxylation is 1. The van der Waals surface area contributed by atoms with Crippen molar-refractivity contribution in [2.75, 3.05) is 25.4 Å². The molecule has 1 amide bonds. The molecule has 1 aliphatic rings. The molecule has 0 radical (unpaired) electrons. The van der Waals surface area contributed by atoms with Gasteiger partial charge in [0.1, 0.15) is 0 Å². The summed E-state index contributed by atoms with van der Waals surface area (Å²) in [4.78, 5) is 11.7. The minimum Gasteiger partial charge on any atom is -0.399 e. The minimum absolute atomic E-state index is 0.143. The number of nitrogen functional groups attached to an aromatic ring is 1. The van der Waals surface area contributed by atoms with Gasteiger partial charge < -0.3 is 11.1 Å². The number of nitrogens with zero attached hydrogens (tertiary/aromatic N) is 1. The molecule has 0 aromatic heterocycles. The Kier molecular flexibility index (Phi) is 4.01. The van der Waals surface area contributed by atoms with Crippen molar-refractivity contribution in [3.63, 3.8) is 0 Å². The van der Waals surface area contributed by atoms with Crippen molar-refractivity contribution < 1.29 is 13.2 Å². The van der Waals surface area contributed by atoms with Crippen molar-refractivity contribution in [1.82, 2.24) is 9.62 Å². The highest BCUT2D eigenvalue weighted by Crippen LogP contribution is 2.25. The number of sulfonamides is 1. The van der Waals surface area contributed by atoms with Gasteiger partial charge in [-0.2, -0.15) is 4.31 Å². The molecule has 1 aliphatic heterocycles. The SMILES string of the molecule is Cc1cc(N)cc(S(=O)(=O)N2CCCNC(=O)C2)c1C. The van der Waals surface area contributed by atoms with Crippen molar-refractivity contribution in [1.29, 1.82) is 0 Å². The van der Waals surface area contributed by atoms with Crippen LogP contribution < -0.4 is 11.1 Å². The third-order valence-electron chi connectivity index (χ3n) is 3.49. The van der Waals surface area contributed by atoms with E-state index < -0.39 is 10.0 Å². The molecule has 0 unspecified atom stereocenters. The molecule has 1 fully saturated rings. The monoisotopic (exact) mass is 297 g/mol. The number of hydrogen-bond acceptors (Lipinski definition) is 4. The predicted octanol–water partition coefficient (Wildman–Crippen LogP) is 0.396. The molecule has 1 aromatic rings. The Labute approximate surface area is 119 Å². The number of anilines is 1. The molecule has 2 rings (SSSR count). The summed E-state index contributed by atoms with van der Waals surface area (Å²) in [6.07, 6.45) is 0.602. The maximum atomic E-state index is 12.7. The molecule has 0 bridgehead atoms. The lowest BCUT2D eigenvalue weighted by Gasteiger charge is -2.21. The lowest BCUT2D eigenvalue weighted by molar-refractivity contribution is -0.120. The third kappa shape index (κ3) is 2.78. The second kappa shape index (κ2) is 5.41. The molecule has 1 heterocycles. The standard InChI is InChI=1S/C13H19N3O3S/c1-9-6-11(14)7-12(10(9)2)20(18,19)16-5-3-4-15-13(17)8-16/h6-7H,3-5,8,14H2,1-2H3,(H,15,17). The van der Waals surface area contributed by atoms with Crippen LogP contribution in [0.5, 0.6) is 0 Å². The zero-order valence-electron chi connectivity index (χ0n) is 11.6. The normalized spacial score (nSPS) is 17.6. The number of carbonyl (C=O) groups excluding carboxylic acids is 1. The fourth-order valence-corrected chi connectivity index (χ4v) is 4.01. The first-order chi connectivity index (χ1) is 9.32. The maximum absolute atomic E-state index is 12.7. The molecule has 1 aromatic carbocycles. The van der Waals surface area contributed by atoms with Gasteiger partial charge in [-0.25, -0.2) is 8.42 Å². The molecular formula is C13H19N3O3S. The molecule has 110 valence electrons. The molecule has 1 saturated heterocycles. The minimum atomic E-state index is -3.70. The van der Waals surface area contributed by atoms with E-state index in [1.54, 1.807) is 13.0 Å². The van der Waals surface area contributed by atoms with Crippen molar-refractivity contribution in [3.8, 4) is 0 Å². The van der Waals surface area contributed by atoms with Crippen molar-refractivity contribution in [2.45, 2.75) is 25.2 Å². The fourth-order valence-electron chi connectivity index (χ4n) is 2.24. The van der Waals surface area contributed by atoms with Crippen LogP contribution in [0.3, 0.4) is 0 Å². The van der Waals surface area contributed by atoms with E-state index in [1.807, 2.05) is 6.92 Å². The van der Waals surface area contributed by atoms with Gasteiger partial charge in [0.25, 0.3) is 0 Å². The van der Waals surface area contributed by atoms with Gasteiger partial charge in [-0.3, -0.25) is 4.79 Å². The summed E-state index contributed by atoms with van der Waals surface area (Å²) in [7, 11) is -3.70. The second-order valence-electron chi connectivity index (χ2n) is 5.00. The van der Waals surface area contributed by atoms with E-state index in [1.165, 1.54) is 10.4 Å². The third-order valence-corrected chi connectivity index (χ3v) is 5.46. The van der Waals surface area contributed by atoms with Crippen molar-refractivity contribution in [3.05, 3.63) is 23.3 Å². The second-order valence-corrected chi connectivity index (χ2v) is 6.91. The van der Waals surface area contributed by atoms with Crippen LogP contribution in [-0.2, 0) is 14.8 Å². The number of nitrogens with one attached hydrogen (secondary N) is 1. The van der Waals surface area contributed by atoms with E-state index in [9.17, 15) is 13.2 Å². The molecular weight excluding hydrogens is 278 g/mol. The van der Waals surface area contributed by atoms with Crippen molar-refractivity contribution >= 4 is 21.6 Å². The smallest absolute Gasteiger partial charge is 0.243 e. The molecule has 6 nitrogen and oxygen atoms in total. The zero-order valence-corrected chi connectivity index (χ0v) is 12.5. The van der Waals surface area contributed by atoms with Gasteiger partial charge in [0.05, 0.1) is 11.4 Å². The largest absolute Gasteiger partial charge is 0.399 e. The van der Waals surface area contributed by atoms with Crippen LogP contribution >= 0.6 is 0 Å². The predicted molar refractivity (Wildman–Crippen MR) is 76.7 cm³/mol. The average Bonchev–Trinajstić information content (AvgIpc) is 2.58. The first kappa shape index (κ1) is 14.8. The van der Waals surface area contributed by atoms with Crippen LogP contribution in [0.2, 0.25) is 0 Å². The quantitative estimate of drug-likeness (QED) is 0.773. The Bertz CT molecular complexity index is 641. The number of amides is 1. The van der Waals surface area contributed by atoms with Crippen LogP contribution in [0.1, 0.15) is 17.5 Å². The molecule has 20 heavy (non-hydrogen) atoms. The number of nitrogens with two attached hydrogens (primary N) is 1. The Hall–Kier alpha value is -1.60. The summed E-state index contributed by atoms with van der Waals surface area (Å²) < 4.78 is 26.6. The van der Waals surface area contributed by atoms with Gasteiger partial charge in [-0.15, -0.1) is 0 Å². The molecule has 3 N–H and O–H groups in total. The molecule has 0 spiro atoms. The summed E-state index contributed by atoms with van der Waals surface area (Å²) in [5, 5.41) is 2.67. The lowest BCUT2D eigenvalue weighted by Crippen LogP contribution is -2.37. The highest BCUT2D eigenvalue weighted by Gasteiger charge is 2.29. The maximum Gasteiger partial charge on any atom is 0.243 e. The summed E-state index contributed by atoms with van der Waals surface area (Å²) in [6.45, 7) is 4.25. The van der Waals surface area contributed by atoms with E-state index in [4.69, 9.17) is 5.73 Å². The van der Waals surface area contributed by atoms with Crippen LogP contribution in [0, 0.1) is 13.8 Å². The van der Waals surface area contributed by atoms with E-state index in [0.717, 1.165) is 5.56 Å². The van der Waals surface area contributed by atoms with E-state index in [2.05, 4.69) is 5.32 Å². The van der Waals surface area contributed by atoms with Crippen LogP contribution in [0.4, 0.5) is 5.69 Å². The fraction of sp³-hybridized carbons (Fsp3) is 0.462. The summed E-state index contributed by atoms with van der Waals surface area (Å²) in [6, 6.07) is 3.20. The van der Waals surface area contributed by atoms with Crippen LogP contribution in [-0.4, -0.2) is 38.3 Å². The first-order valence-electron chi connectivity index (χ1n) is 6.46. The zero-order chi connectivity index (χ0) is 14.9. The Morgan fingerprint density at radius 1 is 1.30 bits per heavy atom. The van der Waals surface area contributed by atoms with E-state index in [0.29, 0.717) is 30.8 Å². The summed E-state index contributed by atoms with van der Waals surface area (Å²) >= 11 is 0. The first-order valence-corrected chi connectivity index (χ1v) is 7.90. The molecule has 7 heteroatoms. The van der Waals surface area contributed by atoms with Crippen LogP contribution in [0.15, 0.2) is 17.0 Å². The Balaban J connectivity index is 2.47. The summed E-state index contributed by atoms with van der Waals surface area (Å²) in [5.74, 6) is -0.274.